The van der Waals surface area contributed by atoms with Crippen LogP contribution in [0.4, 0.5) is 5.69 Å². The van der Waals surface area contributed by atoms with Crippen LogP contribution in [0.2, 0.25) is 0 Å². The third-order valence-corrected chi connectivity index (χ3v) is 4.23. The van der Waals surface area contributed by atoms with Gasteiger partial charge in [0.05, 0.1) is 5.56 Å². The third-order valence-electron chi connectivity index (χ3n) is 4.23. The first kappa shape index (κ1) is 13.2. The molecule has 0 aliphatic heterocycles. The van der Waals surface area contributed by atoms with E-state index in [1.807, 2.05) is 6.92 Å². The summed E-state index contributed by atoms with van der Waals surface area (Å²) < 4.78 is 5.52. The van der Waals surface area contributed by atoms with Gasteiger partial charge in [-0.05, 0) is 50.3 Å². The molecule has 0 saturated heterocycles. The zero-order chi connectivity index (χ0) is 14.3. The van der Waals surface area contributed by atoms with Gasteiger partial charge in [-0.25, -0.2) is 4.79 Å². The van der Waals surface area contributed by atoms with Gasteiger partial charge in [-0.1, -0.05) is 13.0 Å². The van der Waals surface area contributed by atoms with E-state index in [4.69, 9.17) is 4.74 Å². The number of esters is 1. The number of benzene rings is 1. The lowest BCUT2D eigenvalue weighted by molar-refractivity contribution is -0.117. The second-order valence-corrected chi connectivity index (χ2v) is 6.15. The average Bonchev–Trinajstić information content (AvgIpc) is 3.29. The number of carbonyl (C=O) groups excluding carboxylic acids is 2. The van der Waals surface area contributed by atoms with Gasteiger partial charge in [0.1, 0.15) is 5.60 Å². The smallest absolute Gasteiger partial charge is 0.338 e. The molecule has 20 heavy (non-hydrogen) atoms. The first-order valence-electron chi connectivity index (χ1n) is 7.12. The van der Waals surface area contributed by atoms with Crippen molar-refractivity contribution in [3.05, 3.63) is 29.8 Å². The maximum Gasteiger partial charge on any atom is 0.338 e. The summed E-state index contributed by atoms with van der Waals surface area (Å²) in [6.45, 7) is 4.02. The fourth-order valence-electron chi connectivity index (χ4n) is 2.28. The minimum absolute atomic E-state index is 0.0401. The predicted molar refractivity (Wildman–Crippen MR) is 75.4 cm³/mol. The summed E-state index contributed by atoms with van der Waals surface area (Å²) in [7, 11) is 0. The molecule has 0 heterocycles. The zero-order valence-electron chi connectivity index (χ0n) is 11.8. The Bertz CT molecular complexity index is 565. The SMILES string of the molecule is C[C@H]1C[C@]1(C)OC(=O)c1cccc(NC(=O)C2CC2)c1. The van der Waals surface area contributed by atoms with Crippen LogP contribution in [0.3, 0.4) is 0 Å². The molecule has 1 aromatic rings. The molecule has 0 unspecified atom stereocenters. The Balaban J connectivity index is 1.67. The zero-order valence-corrected chi connectivity index (χ0v) is 11.8. The number of anilines is 1. The van der Waals surface area contributed by atoms with E-state index in [1.165, 1.54) is 0 Å². The van der Waals surface area contributed by atoms with Gasteiger partial charge in [-0.3, -0.25) is 4.79 Å². The molecule has 2 aliphatic carbocycles. The van der Waals surface area contributed by atoms with Gasteiger partial charge in [0, 0.05) is 11.6 Å². The van der Waals surface area contributed by atoms with E-state index < -0.39 is 0 Å². The van der Waals surface area contributed by atoms with E-state index in [-0.39, 0.29) is 23.4 Å². The van der Waals surface area contributed by atoms with Gasteiger partial charge in [-0.2, -0.15) is 0 Å². The number of hydrogen-bond donors (Lipinski definition) is 1. The van der Waals surface area contributed by atoms with Crippen LogP contribution in [0.5, 0.6) is 0 Å². The highest BCUT2D eigenvalue weighted by molar-refractivity contribution is 5.96. The molecule has 0 aromatic heterocycles. The van der Waals surface area contributed by atoms with Crippen molar-refractivity contribution in [3.8, 4) is 0 Å². The number of ether oxygens (including phenoxy) is 1. The fraction of sp³-hybridized carbons (Fsp3) is 0.500. The number of rotatable bonds is 4. The Kier molecular flexibility index (Phi) is 3.04. The van der Waals surface area contributed by atoms with E-state index >= 15 is 0 Å². The van der Waals surface area contributed by atoms with Crippen LogP contribution in [0.1, 0.15) is 43.5 Å². The van der Waals surface area contributed by atoms with Gasteiger partial charge in [0.15, 0.2) is 0 Å². The van der Waals surface area contributed by atoms with Crippen molar-refractivity contribution in [2.45, 2.75) is 38.7 Å². The van der Waals surface area contributed by atoms with Crippen molar-refractivity contribution in [1.82, 2.24) is 0 Å². The predicted octanol–water partition coefficient (Wildman–Crippen LogP) is 2.99. The molecule has 1 aromatic carbocycles. The van der Waals surface area contributed by atoms with Crippen LogP contribution < -0.4 is 5.32 Å². The molecule has 0 radical (unpaired) electrons. The number of nitrogens with one attached hydrogen (secondary N) is 1. The van der Waals surface area contributed by atoms with Crippen molar-refractivity contribution in [1.29, 1.82) is 0 Å². The summed E-state index contributed by atoms with van der Waals surface area (Å²) in [4.78, 5) is 23.8. The lowest BCUT2D eigenvalue weighted by Gasteiger charge is -2.13. The van der Waals surface area contributed by atoms with Gasteiger partial charge in [0.2, 0.25) is 5.91 Å². The summed E-state index contributed by atoms with van der Waals surface area (Å²) >= 11 is 0. The van der Waals surface area contributed by atoms with E-state index in [0.29, 0.717) is 17.2 Å². The van der Waals surface area contributed by atoms with Gasteiger partial charge < -0.3 is 10.1 Å². The third kappa shape index (κ3) is 2.69. The van der Waals surface area contributed by atoms with Gasteiger partial charge in [0.25, 0.3) is 0 Å². The minimum atomic E-state index is -0.320. The Labute approximate surface area is 118 Å². The molecule has 0 spiro atoms. The normalized spacial score (nSPS) is 27.8. The van der Waals surface area contributed by atoms with Crippen molar-refractivity contribution >= 4 is 17.6 Å². The van der Waals surface area contributed by atoms with E-state index in [0.717, 1.165) is 19.3 Å². The minimum Gasteiger partial charge on any atom is -0.455 e. The summed E-state index contributed by atoms with van der Waals surface area (Å²) in [6, 6.07) is 6.95. The maximum absolute atomic E-state index is 12.1. The van der Waals surface area contributed by atoms with Crippen molar-refractivity contribution in [3.63, 3.8) is 0 Å². The maximum atomic E-state index is 12.1. The summed E-state index contributed by atoms with van der Waals surface area (Å²) in [5, 5.41) is 2.84. The molecular weight excluding hydrogens is 254 g/mol. The molecule has 106 valence electrons. The highest BCUT2D eigenvalue weighted by atomic mass is 16.6. The number of hydrogen-bond acceptors (Lipinski definition) is 3. The van der Waals surface area contributed by atoms with Gasteiger partial charge >= 0.3 is 5.97 Å². The van der Waals surface area contributed by atoms with Gasteiger partial charge in [-0.15, -0.1) is 0 Å². The van der Waals surface area contributed by atoms with Crippen molar-refractivity contribution < 1.29 is 14.3 Å². The largest absolute Gasteiger partial charge is 0.455 e. The molecule has 2 fully saturated rings. The van der Waals surface area contributed by atoms with E-state index in [1.54, 1.807) is 24.3 Å². The van der Waals surface area contributed by atoms with Crippen molar-refractivity contribution in [2.24, 2.45) is 11.8 Å². The molecule has 1 N–H and O–H groups in total. The Hall–Kier alpha value is -1.84. The topological polar surface area (TPSA) is 55.4 Å². The molecule has 2 atom stereocenters. The Morgan fingerprint density at radius 2 is 2.05 bits per heavy atom. The van der Waals surface area contributed by atoms with Crippen LogP contribution in [0.25, 0.3) is 0 Å². The molecule has 1 amide bonds. The number of amides is 1. The molecule has 2 aliphatic rings. The Morgan fingerprint density at radius 1 is 1.35 bits per heavy atom. The highest BCUT2D eigenvalue weighted by Crippen LogP contribution is 2.46. The van der Waals surface area contributed by atoms with Crippen LogP contribution in [-0.2, 0) is 9.53 Å². The summed E-state index contributed by atoms with van der Waals surface area (Å²) in [5.41, 5.74) is 0.828. The fourth-order valence-corrected chi connectivity index (χ4v) is 2.28. The molecule has 2 saturated carbocycles. The van der Waals surface area contributed by atoms with E-state index in [9.17, 15) is 9.59 Å². The summed E-state index contributed by atoms with van der Waals surface area (Å²) in [6.07, 6.45) is 2.84. The highest BCUT2D eigenvalue weighted by Gasteiger charge is 2.50. The van der Waals surface area contributed by atoms with E-state index in [2.05, 4.69) is 12.2 Å². The number of carbonyl (C=O) groups is 2. The molecular formula is C16H19NO3. The van der Waals surface area contributed by atoms with Crippen LogP contribution in [0, 0.1) is 11.8 Å². The summed E-state index contributed by atoms with van der Waals surface area (Å²) in [5.74, 6) is 0.290. The second kappa shape index (κ2) is 4.62. The Morgan fingerprint density at radius 3 is 2.65 bits per heavy atom. The lowest BCUT2D eigenvalue weighted by atomic mass is 10.2. The van der Waals surface area contributed by atoms with Crippen LogP contribution in [-0.4, -0.2) is 17.5 Å². The molecule has 3 rings (SSSR count). The average molecular weight is 273 g/mol. The molecule has 4 heteroatoms. The quantitative estimate of drug-likeness (QED) is 0.858. The lowest BCUT2D eigenvalue weighted by Crippen LogP contribution is -2.18. The van der Waals surface area contributed by atoms with Crippen molar-refractivity contribution in [2.75, 3.05) is 5.32 Å². The molecule has 4 nitrogen and oxygen atoms in total. The standard InChI is InChI=1S/C16H19NO3/c1-10-9-16(10,2)20-15(19)12-4-3-5-13(8-12)17-14(18)11-6-7-11/h3-5,8,10-11H,6-7,9H2,1-2H3,(H,17,18)/t10-,16-/m0/s1. The first-order valence-corrected chi connectivity index (χ1v) is 7.12. The second-order valence-electron chi connectivity index (χ2n) is 6.15. The first-order chi connectivity index (χ1) is 9.48. The monoisotopic (exact) mass is 273 g/mol. The van der Waals surface area contributed by atoms with Crippen LogP contribution >= 0.6 is 0 Å². The molecule has 0 bridgehead atoms. The van der Waals surface area contributed by atoms with Crippen LogP contribution in [0.15, 0.2) is 24.3 Å².